The van der Waals surface area contributed by atoms with Crippen LogP contribution < -0.4 is 4.74 Å². The fourth-order valence-corrected chi connectivity index (χ4v) is 1.36. The van der Waals surface area contributed by atoms with Gasteiger partial charge < -0.3 is 4.74 Å². The van der Waals surface area contributed by atoms with E-state index in [-0.39, 0.29) is 11.6 Å². The Hall–Kier alpha value is -2.44. The molecule has 0 saturated carbocycles. The number of hydrogen-bond acceptors (Lipinski definition) is 3. The monoisotopic (exact) mass is 285 g/mol. The van der Waals surface area contributed by atoms with E-state index in [0.717, 1.165) is 30.5 Å². The number of carbonyl (C=O) groups is 1. The van der Waals surface area contributed by atoms with Gasteiger partial charge in [0.25, 0.3) is 5.78 Å². The highest BCUT2D eigenvalue weighted by molar-refractivity contribution is 5.99. The second kappa shape index (κ2) is 5.28. The van der Waals surface area contributed by atoms with E-state index in [9.17, 15) is 22.4 Å². The summed E-state index contributed by atoms with van der Waals surface area (Å²) in [5, 5.41) is 0. The zero-order chi connectivity index (χ0) is 14.8. The predicted octanol–water partition coefficient (Wildman–Crippen LogP) is 3.76. The van der Waals surface area contributed by atoms with Crippen LogP contribution in [0.1, 0.15) is 10.4 Å². The molecule has 1 aromatic heterocycles. The van der Waals surface area contributed by atoms with Gasteiger partial charge in [0.2, 0.25) is 5.88 Å². The molecule has 20 heavy (non-hydrogen) atoms. The molecule has 0 spiro atoms. The van der Waals surface area contributed by atoms with Gasteiger partial charge in [0.15, 0.2) is 0 Å². The summed E-state index contributed by atoms with van der Waals surface area (Å²) < 4.78 is 54.4. The summed E-state index contributed by atoms with van der Waals surface area (Å²) >= 11 is 0. The SMILES string of the molecule is O=C(c1ccc(Oc2ccc(F)cc2)nc1)C(F)(F)F. The van der Waals surface area contributed by atoms with Gasteiger partial charge in [-0.3, -0.25) is 4.79 Å². The standard InChI is InChI=1S/C13H7F4NO2/c14-9-2-4-10(5-3-9)20-11-6-1-8(7-18-11)12(19)13(15,16)17/h1-7H. The lowest BCUT2D eigenvalue weighted by atomic mass is 10.2. The number of ketones is 1. The average molecular weight is 285 g/mol. The Kier molecular flexibility index (Phi) is 3.69. The molecule has 0 saturated heterocycles. The van der Waals surface area contributed by atoms with Crippen molar-refractivity contribution < 1.29 is 27.1 Å². The summed E-state index contributed by atoms with van der Waals surface area (Å²) in [5.41, 5.74) is -0.580. The molecule has 0 N–H and O–H groups in total. The second-order valence-electron chi connectivity index (χ2n) is 3.77. The lowest BCUT2D eigenvalue weighted by molar-refractivity contribution is -0.0885. The van der Waals surface area contributed by atoms with E-state index in [2.05, 4.69) is 4.98 Å². The van der Waals surface area contributed by atoms with Crippen molar-refractivity contribution in [2.24, 2.45) is 0 Å². The van der Waals surface area contributed by atoms with Gasteiger partial charge >= 0.3 is 6.18 Å². The first-order valence-electron chi connectivity index (χ1n) is 5.37. The molecule has 0 fully saturated rings. The molecular weight excluding hydrogens is 278 g/mol. The van der Waals surface area contributed by atoms with Crippen LogP contribution >= 0.6 is 0 Å². The Labute approximate surface area is 110 Å². The Morgan fingerprint density at radius 1 is 1.05 bits per heavy atom. The Morgan fingerprint density at radius 3 is 2.20 bits per heavy atom. The fraction of sp³-hybridized carbons (Fsp3) is 0.0769. The fourth-order valence-electron chi connectivity index (χ4n) is 1.36. The minimum absolute atomic E-state index is 0.00432. The van der Waals surface area contributed by atoms with Crippen LogP contribution in [0.25, 0.3) is 0 Å². The normalized spacial score (nSPS) is 11.2. The van der Waals surface area contributed by atoms with Crippen molar-refractivity contribution in [1.82, 2.24) is 4.98 Å². The maximum absolute atomic E-state index is 12.7. The Bertz CT molecular complexity index is 606. The maximum atomic E-state index is 12.7. The van der Waals surface area contributed by atoms with E-state index in [1.807, 2.05) is 0 Å². The first-order valence-corrected chi connectivity index (χ1v) is 5.37. The second-order valence-corrected chi connectivity index (χ2v) is 3.77. The number of hydrogen-bond donors (Lipinski definition) is 0. The number of aromatic nitrogens is 1. The molecule has 104 valence electrons. The molecule has 0 aliphatic carbocycles. The van der Waals surface area contributed by atoms with Crippen LogP contribution in [0.2, 0.25) is 0 Å². The van der Waals surface area contributed by atoms with Crippen molar-refractivity contribution in [3.05, 3.63) is 54.0 Å². The number of rotatable bonds is 3. The van der Waals surface area contributed by atoms with Gasteiger partial charge in [-0.15, -0.1) is 0 Å². The molecule has 0 unspecified atom stereocenters. The van der Waals surface area contributed by atoms with E-state index in [1.54, 1.807) is 0 Å². The van der Waals surface area contributed by atoms with E-state index in [0.29, 0.717) is 0 Å². The third-order valence-electron chi connectivity index (χ3n) is 2.29. The molecule has 7 heteroatoms. The minimum Gasteiger partial charge on any atom is -0.439 e. The summed E-state index contributed by atoms with van der Waals surface area (Å²) in [6.45, 7) is 0. The van der Waals surface area contributed by atoms with Crippen LogP contribution in [0.15, 0.2) is 42.6 Å². The number of ether oxygens (including phenoxy) is 1. The third kappa shape index (κ3) is 3.31. The lowest BCUT2D eigenvalue weighted by Gasteiger charge is -2.07. The molecule has 0 atom stereocenters. The van der Waals surface area contributed by atoms with Gasteiger partial charge in [0.1, 0.15) is 11.6 Å². The van der Waals surface area contributed by atoms with Crippen LogP contribution in [0, 0.1) is 5.82 Å². The zero-order valence-corrected chi connectivity index (χ0v) is 9.82. The van der Waals surface area contributed by atoms with Crippen LogP contribution in [0.4, 0.5) is 17.6 Å². The van der Waals surface area contributed by atoms with E-state index >= 15 is 0 Å². The largest absolute Gasteiger partial charge is 0.454 e. The van der Waals surface area contributed by atoms with Crippen molar-refractivity contribution >= 4 is 5.78 Å². The van der Waals surface area contributed by atoms with Crippen molar-refractivity contribution in [2.45, 2.75) is 6.18 Å². The van der Waals surface area contributed by atoms with Gasteiger partial charge in [-0.05, 0) is 30.3 Å². The number of nitrogens with zero attached hydrogens (tertiary/aromatic N) is 1. The van der Waals surface area contributed by atoms with Gasteiger partial charge in [0.05, 0.1) is 0 Å². The predicted molar refractivity (Wildman–Crippen MR) is 61.1 cm³/mol. The molecule has 0 amide bonds. The van der Waals surface area contributed by atoms with Crippen molar-refractivity contribution in [1.29, 1.82) is 0 Å². The molecular formula is C13H7F4NO2. The molecule has 2 rings (SSSR count). The van der Waals surface area contributed by atoms with Gasteiger partial charge in [0, 0.05) is 17.8 Å². The Morgan fingerprint density at radius 2 is 1.70 bits per heavy atom. The van der Waals surface area contributed by atoms with Crippen molar-refractivity contribution in [3.63, 3.8) is 0 Å². The van der Waals surface area contributed by atoms with Gasteiger partial charge in [-0.1, -0.05) is 0 Å². The average Bonchev–Trinajstić information content (AvgIpc) is 2.40. The first-order chi connectivity index (χ1) is 9.36. The smallest absolute Gasteiger partial charge is 0.439 e. The van der Waals surface area contributed by atoms with Gasteiger partial charge in [-0.25, -0.2) is 9.37 Å². The van der Waals surface area contributed by atoms with Crippen LogP contribution in [0.3, 0.4) is 0 Å². The molecule has 2 aromatic rings. The van der Waals surface area contributed by atoms with Crippen molar-refractivity contribution in [3.8, 4) is 11.6 Å². The third-order valence-corrected chi connectivity index (χ3v) is 2.29. The van der Waals surface area contributed by atoms with Crippen LogP contribution in [0.5, 0.6) is 11.6 Å². The molecule has 0 aliphatic heterocycles. The van der Waals surface area contributed by atoms with E-state index in [4.69, 9.17) is 4.74 Å². The summed E-state index contributed by atoms with van der Waals surface area (Å²) in [4.78, 5) is 14.5. The Balaban J connectivity index is 2.12. The molecule has 3 nitrogen and oxygen atoms in total. The van der Waals surface area contributed by atoms with E-state index < -0.39 is 23.3 Å². The highest BCUT2D eigenvalue weighted by Gasteiger charge is 2.39. The van der Waals surface area contributed by atoms with Crippen LogP contribution in [-0.4, -0.2) is 16.9 Å². The number of benzene rings is 1. The zero-order valence-electron chi connectivity index (χ0n) is 9.82. The minimum atomic E-state index is -4.94. The quantitative estimate of drug-likeness (QED) is 0.636. The van der Waals surface area contributed by atoms with E-state index in [1.165, 1.54) is 12.1 Å². The number of halogens is 4. The topological polar surface area (TPSA) is 39.2 Å². The highest BCUT2D eigenvalue weighted by Crippen LogP contribution is 2.23. The maximum Gasteiger partial charge on any atom is 0.454 e. The lowest BCUT2D eigenvalue weighted by Crippen LogP contribution is -2.22. The number of Topliss-reactive ketones (excluding diaryl/α,β-unsaturated/α-hetero) is 1. The molecule has 1 heterocycles. The summed E-state index contributed by atoms with van der Waals surface area (Å²) in [6.07, 6.45) is -4.17. The molecule has 0 aliphatic rings. The summed E-state index contributed by atoms with van der Waals surface area (Å²) in [5.74, 6) is -2.15. The summed E-state index contributed by atoms with van der Waals surface area (Å²) in [7, 11) is 0. The number of pyridine rings is 1. The molecule has 1 aromatic carbocycles. The van der Waals surface area contributed by atoms with Crippen molar-refractivity contribution in [2.75, 3.05) is 0 Å². The van der Waals surface area contributed by atoms with Gasteiger partial charge in [-0.2, -0.15) is 13.2 Å². The first kappa shape index (κ1) is 14.0. The molecule has 0 radical (unpaired) electrons. The van der Waals surface area contributed by atoms with Crippen LogP contribution in [-0.2, 0) is 0 Å². The number of alkyl halides is 3. The highest BCUT2D eigenvalue weighted by atomic mass is 19.4. The molecule has 0 bridgehead atoms. The summed E-state index contributed by atoms with van der Waals surface area (Å²) in [6, 6.07) is 7.09. The number of carbonyl (C=O) groups excluding carboxylic acids is 1.